The largest absolute Gasteiger partial charge is 0.465 e. The van der Waals surface area contributed by atoms with Gasteiger partial charge in [0.05, 0.1) is 5.69 Å². The Kier molecular flexibility index (Phi) is 3.37. The molecule has 1 N–H and O–H groups in total. The molecule has 1 aromatic rings. The molecule has 1 atom stereocenters. The highest BCUT2D eigenvalue weighted by Crippen LogP contribution is 2.21. The number of hydrogen-bond donors (Lipinski definition) is 1. The van der Waals surface area contributed by atoms with Gasteiger partial charge in [0.25, 0.3) is 5.19 Å². The zero-order valence-electron chi connectivity index (χ0n) is 8.45. The van der Waals surface area contributed by atoms with E-state index in [4.69, 9.17) is 4.74 Å². The maximum absolute atomic E-state index is 5.78. The Hall–Kier alpha value is -0.610. The van der Waals surface area contributed by atoms with E-state index in [-0.39, 0.29) is 0 Å². The van der Waals surface area contributed by atoms with E-state index in [0.717, 1.165) is 36.8 Å². The van der Waals surface area contributed by atoms with Crippen LogP contribution >= 0.6 is 11.3 Å². The fourth-order valence-electron chi connectivity index (χ4n) is 1.57. The van der Waals surface area contributed by atoms with Gasteiger partial charge in [-0.25, -0.2) is 4.98 Å². The van der Waals surface area contributed by atoms with Crippen molar-refractivity contribution in [1.29, 1.82) is 0 Å². The van der Waals surface area contributed by atoms with E-state index in [0.29, 0.717) is 6.10 Å². The van der Waals surface area contributed by atoms with Crippen LogP contribution in [0.4, 0.5) is 0 Å². The molecule has 0 radical (unpaired) electrons. The van der Waals surface area contributed by atoms with Gasteiger partial charge in [-0.3, -0.25) is 0 Å². The Morgan fingerprint density at radius 1 is 1.71 bits per heavy atom. The van der Waals surface area contributed by atoms with Crippen molar-refractivity contribution in [2.45, 2.75) is 32.3 Å². The summed E-state index contributed by atoms with van der Waals surface area (Å²) in [6.45, 7) is 4.19. The molecule has 1 aliphatic rings. The van der Waals surface area contributed by atoms with Crippen molar-refractivity contribution < 1.29 is 4.74 Å². The molecule has 0 aliphatic carbocycles. The Morgan fingerprint density at radius 2 is 2.64 bits per heavy atom. The number of aryl methyl sites for hydroxylation is 1. The molecule has 78 valence electrons. The molecule has 1 aliphatic heterocycles. The number of aromatic nitrogens is 1. The van der Waals surface area contributed by atoms with Crippen LogP contribution in [0.3, 0.4) is 0 Å². The molecular weight excluding hydrogens is 196 g/mol. The van der Waals surface area contributed by atoms with Crippen molar-refractivity contribution in [3.8, 4) is 5.19 Å². The molecule has 1 aromatic heterocycles. The van der Waals surface area contributed by atoms with Crippen molar-refractivity contribution in [2.75, 3.05) is 13.1 Å². The number of rotatable bonds is 3. The van der Waals surface area contributed by atoms with Gasteiger partial charge in [-0.2, -0.15) is 0 Å². The molecule has 3 nitrogen and oxygen atoms in total. The van der Waals surface area contributed by atoms with Gasteiger partial charge in [0.2, 0.25) is 0 Å². The lowest BCUT2D eigenvalue weighted by Gasteiger charge is -2.22. The van der Waals surface area contributed by atoms with E-state index >= 15 is 0 Å². The van der Waals surface area contributed by atoms with E-state index in [1.54, 1.807) is 11.3 Å². The highest BCUT2D eigenvalue weighted by atomic mass is 32.1. The molecule has 0 aromatic carbocycles. The summed E-state index contributed by atoms with van der Waals surface area (Å²) in [6.07, 6.45) is 3.66. The van der Waals surface area contributed by atoms with Gasteiger partial charge < -0.3 is 10.1 Å². The van der Waals surface area contributed by atoms with Gasteiger partial charge in [0.1, 0.15) is 6.10 Å². The van der Waals surface area contributed by atoms with Gasteiger partial charge in [0.15, 0.2) is 0 Å². The van der Waals surface area contributed by atoms with Crippen LogP contribution in [-0.4, -0.2) is 24.2 Å². The fraction of sp³-hybridized carbons (Fsp3) is 0.700. The zero-order chi connectivity index (χ0) is 9.80. The Bertz CT molecular complexity index is 281. The summed E-state index contributed by atoms with van der Waals surface area (Å²) < 4.78 is 5.78. The third-order valence-corrected chi connectivity index (χ3v) is 3.19. The first-order chi connectivity index (χ1) is 6.88. The minimum Gasteiger partial charge on any atom is -0.465 e. The highest BCUT2D eigenvalue weighted by molar-refractivity contribution is 7.11. The number of nitrogens with zero attached hydrogens (tertiary/aromatic N) is 1. The van der Waals surface area contributed by atoms with Gasteiger partial charge in [0, 0.05) is 11.9 Å². The standard InChI is InChI=1S/C10H16N2OS/c1-2-8-7-14-10(12-8)13-9-4-3-5-11-6-9/h7,9,11H,2-6H2,1H3/t9-/m0/s1. The summed E-state index contributed by atoms with van der Waals surface area (Å²) in [6, 6.07) is 0. The third-order valence-electron chi connectivity index (χ3n) is 2.41. The number of nitrogens with one attached hydrogen (secondary N) is 1. The van der Waals surface area contributed by atoms with Crippen LogP contribution in [0.2, 0.25) is 0 Å². The van der Waals surface area contributed by atoms with E-state index in [9.17, 15) is 0 Å². The first-order valence-electron chi connectivity index (χ1n) is 5.20. The first-order valence-corrected chi connectivity index (χ1v) is 6.08. The molecule has 0 bridgehead atoms. The van der Waals surface area contributed by atoms with Gasteiger partial charge in [-0.1, -0.05) is 18.3 Å². The van der Waals surface area contributed by atoms with Crippen LogP contribution in [0, 0.1) is 0 Å². The predicted molar refractivity (Wildman–Crippen MR) is 58.0 cm³/mol. The molecule has 0 amide bonds. The maximum atomic E-state index is 5.78. The zero-order valence-corrected chi connectivity index (χ0v) is 9.27. The molecule has 1 saturated heterocycles. The molecule has 2 heterocycles. The molecule has 0 spiro atoms. The smallest absolute Gasteiger partial charge is 0.273 e. The lowest BCUT2D eigenvalue weighted by atomic mass is 10.1. The normalized spacial score (nSPS) is 22.2. The van der Waals surface area contributed by atoms with Crippen molar-refractivity contribution in [3.05, 3.63) is 11.1 Å². The first kappa shape index (κ1) is 9.93. The summed E-state index contributed by atoms with van der Waals surface area (Å²) >= 11 is 1.61. The second-order valence-electron chi connectivity index (χ2n) is 3.54. The second kappa shape index (κ2) is 4.75. The average Bonchev–Trinajstić information content (AvgIpc) is 2.67. The quantitative estimate of drug-likeness (QED) is 0.830. The van der Waals surface area contributed by atoms with Crippen LogP contribution in [0.1, 0.15) is 25.5 Å². The molecule has 14 heavy (non-hydrogen) atoms. The number of ether oxygens (including phenoxy) is 1. The minimum atomic E-state index is 0.319. The summed E-state index contributed by atoms with van der Waals surface area (Å²) in [5, 5.41) is 6.23. The summed E-state index contributed by atoms with van der Waals surface area (Å²) in [5.41, 5.74) is 1.13. The Morgan fingerprint density at radius 3 is 3.29 bits per heavy atom. The van der Waals surface area contributed by atoms with E-state index in [1.807, 2.05) is 0 Å². The van der Waals surface area contributed by atoms with E-state index in [1.165, 1.54) is 6.42 Å². The average molecular weight is 212 g/mol. The second-order valence-corrected chi connectivity index (χ2v) is 4.37. The molecule has 0 unspecified atom stereocenters. The number of piperidine rings is 1. The van der Waals surface area contributed by atoms with Crippen LogP contribution in [0.15, 0.2) is 5.38 Å². The van der Waals surface area contributed by atoms with Crippen LogP contribution in [0.25, 0.3) is 0 Å². The van der Waals surface area contributed by atoms with Crippen molar-refractivity contribution >= 4 is 11.3 Å². The lowest BCUT2D eigenvalue weighted by molar-refractivity contribution is 0.166. The lowest BCUT2D eigenvalue weighted by Crippen LogP contribution is -2.37. The monoisotopic (exact) mass is 212 g/mol. The maximum Gasteiger partial charge on any atom is 0.273 e. The third kappa shape index (κ3) is 2.45. The SMILES string of the molecule is CCc1csc(O[C@H]2CCCNC2)n1. The van der Waals surface area contributed by atoms with Crippen molar-refractivity contribution in [3.63, 3.8) is 0 Å². The van der Waals surface area contributed by atoms with E-state index < -0.39 is 0 Å². The van der Waals surface area contributed by atoms with Crippen LogP contribution < -0.4 is 10.1 Å². The van der Waals surface area contributed by atoms with Gasteiger partial charge >= 0.3 is 0 Å². The van der Waals surface area contributed by atoms with Gasteiger partial charge in [-0.15, -0.1) is 0 Å². The minimum absolute atomic E-state index is 0.319. The highest BCUT2D eigenvalue weighted by Gasteiger charge is 2.15. The number of thiazole rings is 1. The van der Waals surface area contributed by atoms with Gasteiger partial charge in [-0.05, 0) is 25.8 Å². The topological polar surface area (TPSA) is 34.1 Å². The summed E-state index contributed by atoms with van der Waals surface area (Å²) in [7, 11) is 0. The van der Waals surface area contributed by atoms with Crippen LogP contribution in [-0.2, 0) is 6.42 Å². The van der Waals surface area contributed by atoms with Crippen molar-refractivity contribution in [2.24, 2.45) is 0 Å². The van der Waals surface area contributed by atoms with Crippen LogP contribution in [0.5, 0.6) is 5.19 Å². The molecule has 0 saturated carbocycles. The predicted octanol–water partition coefficient (Wildman–Crippen LogP) is 1.84. The molecular formula is C10H16N2OS. The molecule has 2 rings (SSSR count). The fourth-order valence-corrected chi connectivity index (χ4v) is 2.39. The summed E-state index contributed by atoms with van der Waals surface area (Å²) in [4.78, 5) is 4.39. The van der Waals surface area contributed by atoms with E-state index in [2.05, 4.69) is 22.6 Å². The van der Waals surface area contributed by atoms with Crippen molar-refractivity contribution in [1.82, 2.24) is 10.3 Å². The molecule has 4 heteroatoms. The Labute approximate surface area is 88.5 Å². The number of hydrogen-bond acceptors (Lipinski definition) is 4. The Balaban J connectivity index is 1.89. The molecule has 1 fully saturated rings. The summed E-state index contributed by atoms with van der Waals surface area (Å²) in [5.74, 6) is 0.